The summed E-state index contributed by atoms with van der Waals surface area (Å²) in [7, 11) is 2.95. The van der Waals surface area contributed by atoms with Crippen LogP contribution in [-0.2, 0) is 19.1 Å². The van der Waals surface area contributed by atoms with Crippen molar-refractivity contribution in [1.82, 2.24) is 5.32 Å². The van der Waals surface area contributed by atoms with Crippen molar-refractivity contribution < 1.29 is 24.2 Å². The molecule has 0 spiro atoms. The van der Waals surface area contributed by atoms with Crippen LogP contribution in [0.1, 0.15) is 12.8 Å². The summed E-state index contributed by atoms with van der Waals surface area (Å²) in [6.07, 6.45) is 3.97. The van der Waals surface area contributed by atoms with Crippen molar-refractivity contribution in [1.29, 1.82) is 0 Å². The SMILES string of the molecule is COC(CNC(=O)[C@@H]1CC=CC[C@@H]1C(=O)O)OC. The van der Waals surface area contributed by atoms with Gasteiger partial charge in [-0.15, -0.1) is 0 Å². The Morgan fingerprint density at radius 2 is 1.83 bits per heavy atom. The Kier molecular flexibility index (Phi) is 5.80. The molecule has 0 aromatic rings. The van der Waals surface area contributed by atoms with Gasteiger partial charge in [-0.1, -0.05) is 12.2 Å². The van der Waals surface area contributed by atoms with E-state index in [2.05, 4.69) is 5.32 Å². The van der Waals surface area contributed by atoms with Crippen LogP contribution in [0, 0.1) is 11.8 Å². The zero-order valence-corrected chi connectivity index (χ0v) is 10.6. The van der Waals surface area contributed by atoms with Crippen LogP contribution in [0.3, 0.4) is 0 Å². The monoisotopic (exact) mass is 257 g/mol. The molecular weight excluding hydrogens is 238 g/mol. The number of ether oxygens (including phenoxy) is 2. The van der Waals surface area contributed by atoms with Gasteiger partial charge in [0, 0.05) is 14.2 Å². The molecule has 0 bridgehead atoms. The number of amides is 1. The fourth-order valence-corrected chi connectivity index (χ4v) is 1.95. The number of carboxylic acid groups (broad SMARTS) is 1. The van der Waals surface area contributed by atoms with Crippen molar-refractivity contribution >= 4 is 11.9 Å². The molecule has 0 heterocycles. The fraction of sp³-hybridized carbons (Fsp3) is 0.667. The van der Waals surface area contributed by atoms with Gasteiger partial charge in [0.05, 0.1) is 18.4 Å². The number of nitrogens with one attached hydrogen (secondary N) is 1. The third-order valence-electron chi connectivity index (χ3n) is 3.06. The van der Waals surface area contributed by atoms with Crippen molar-refractivity contribution in [3.05, 3.63) is 12.2 Å². The molecule has 0 aromatic heterocycles. The van der Waals surface area contributed by atoms with Crippen molar-refractivity contribution in [3.8, 4) is 0 Å². The second-order valence-corrected chi connectivity index (χ2v) is 4.14. The molecule has 1 aliphatic rings. The van der Waals surface area contributed by atoms with E-state index < -0.39 is 24.1 Å². The summed E-state index contributed by atoms with van der Waals surface area (Å²) in [5, 5.41) is 11.7. The molecule has 18 heavy (non-hydrogen) atoms. The average molecular weight is 257 g/mol. The molecule has 0 aliphatic heterocycles. The third kappa shape index (κ3) is 3.82. The molecule has 2 N–H and O–H groups in total. The Labute approximate surface area is 106 Å². The normalized spacial score (nSPS) is 23.1. The van der Waals surface area contributed by atoms with Crippen LogP contribution in [0.2, 0.25) is 0 Å². The van der Waals surface area contributed by atoms with Crippen molar-refractivity contribution in [2.75, 3.05) is 20.8 Å². The largest absolute Gasteiger partial charge is 0.481 e. The maximum atomic E-state index is 11.9. The number of hydrogen-bond donors (Lipinski definition) is 2. The van der Waals surface area contributed by atoms with Crippen LogP contribution in [-0.4, -0.2) is 44.0 Å². The molecule has 0 radical (unpaired) electrons. The summed E-state index contributed by atoms with van der Waals surface area (Å²) in [5.74, 6) is -2.39. The second kappa shape index (κ2) is 7.13. The molecule has 102 valence electrons. The fourth-order valence-electron chi connectivity index (χ4n) is 1.95. The smallest absolute Gasteiger partial charge is 0.307 e. The predicted octanol–water partition coefficient (Wildman–Crippen LogP) is 0.388. The van der Waals surface area contributed by atoms with E-state index in [1.165, 1.54) is 14.2 Å². The standard InChI is InChI=1S/C12H19NO5/c1-17-10(18-2)7-13-11(14)8-5-3-4-6-9(8)12(15)16/h3-4,8-10H,5-7H2,1-2H3,(H,13,14)(H,15,16)/t8-,9+/m1/s1. The summed E-state index contributed by atoms with van der Waals surface area (Å²) in [5.41, 5.74) is 0. The zero-order chi connectivity index (χ0) is 13.5. The highest BCUT2D eigenvalue weighted by molar-refractivity contribution is 5.85. The van der Waals surface area contributed by atoms with Crippen molar-refractivity contribution in [2.45, 2.75) is 19.1 Å². The predicted molar refractivity (Wildman–Crippen MR) is 63.8 cm³/mol. The number of carboxylic acids is 1. The number of carbonyl (C=O) groups excluding carboxylic acids is 1. The van der Waals surface area contributed by atoms with Gasteiger partial charge in [-0.05, 0) is 12.8 Å². The van der Waals surface area contributed by atoms with Gasteiger partial charge >= 0.3 is 5.97 Å². The highest BCUT2D eigenvalue weighted by Crippen LogP contribution is 2.25. The first-order valence-corrected chi connectivity index (χ1v) is 5.81. The van der Waals surface area contributed by atoms with E-state index in [9.17, 15) is 9.59 Å². The highest BCUT2D eigenvalue weighted by atomic mass is 16.7. The Balaban J connectivity index is 2.54. The molecule has 0 aromatic carbocycles. The maximum absolute atomic E-state index is 11.9. The molecule has 0 fully saturated rings. The Morgan fingerprint density at radius 1 is 1.28 bits per heavy atom. The van der Waals surface area contributed by atoms with E-state index in [4.69, 9.17) is 14.6 Å². The average Bonchev–Trinajstić information content (AvgIpc) is 2.39. The lowest BCUT2D eigenvalue weighted by atomic mass is 9.82. The molecule has 1 amide bonds. The first-order chi connectivity index (χ1) is 8.60. The van der Waals surface area contributed by atoms with Gasteiger partial charge in [0.15, 0.2) is 6.29 Å². The van der Waals surface area contributed by atoms with E-state index in [1.807, 2.05) is 6.08 Å². The molecule has 1 rings (SSSR count). The van der Waals surface area contributed by atoms with Crippen LogP contribution < -0.4 is 5.32 Å². The number of rotatable bonds is 6. The second-order valence-electron chi connectivity index (χ2n) is 4.14. The Bertz CT molecular complexity index is 324. The van der Waals surface area contributed by atoms with Crippen molar-refractivity contribution in [3.63, 3.8) is 0 Å². The van der Waals surface area contributed by atoms with Gasteiger partial charge in [-0.25, -0.2) is 0 Å². The third-order valence-corrected chi connectivity index (χ3v) is 3.06. The molecule has 1 aliphatic carbocycles. The van der Waals surface area contributed by atoms with E-state index in [0.717, 1.165) is 0 Å². The lowest BCUT2D eigenvalue weighted by Gasteiger charge is -2.25. The summed E-state index contributed by atoms with van der Waals surface area (Å²) >= 11 is 0. The topological polar surface area (TPSA) is 84.9 Å². The lowest BCUT2D eigenvalue weighted by Crippen LogP contribution is -2.42. The van der Waals surface area contributed by atoms with Crippen LogP contribution in [0.4, 0.5) is 0 Å². The highest BCUT2D eigenvalue weighted by Gasteiger charge is 2.33. The van der Waals surface area contributed by atoms with Crippen LogP contribution in [0.5, 0.6) is 0 Å². The van der Waals surface area contributed by atoms with Crippen molar-refractivity contribution in [2.24, 2.45) is 11.8 Å². The Hall–Kier alpha value is -1.40. The minimum Gasteiger partial charge on any atom is -0.481 e. The molecule has 0 saturated carbocycles. The van der Waals surface area contributed by atoms with Gasteiger partial charge in [0.2, 0.25) is 5.91 Å². The van der Waals surface area contributed by atoms with Gasteiger partial charge in [0.25, 0.3) is 0 Å². The van der Waals surface area contributed by atoms with Gasteiger partial charge in [-0.2, -0.15) is 0 Å². The summed E-state index contributed by atoms with van der Waals surface area (Å²) in [4.78, 5) is 23.0. The van der Waals surface area contributed by atoms with E-state index in [-0.39, 0.29) is 12.5 Å². The zero-order valence-electron chi connectivity index (χ0n) is 10.6. The first-order valence-electron chi connectivity index (χ1n) is 5.81. The minimum absolute atomic E-state index is 0.207. The number of allylic oxidation sites excluding steroid dienone is 2. The molecular formula is C12H19NO5. The number of methoxy groups -OCH3 is 2. The number of carbonyl (C=O) groups is 2. The van der Waals surface area contributed by atoms with E-state index in [1.54, 1.807) is 6.08 Å². The Morgan fingerprint density at radius 3 is 2.33 bits per heavy atom. The summed E-state index contributed by atoms with van der Waals surface area (Å²) in [6, 6.07) is 0. The van der Waals surface area contributed by atoms with E-state index in [0.29, 0.717) is 12.8 Å². The quantitative estimate of drug-likeness (QED) is 0.531. The first kappa shape index (κ1) is 14.7. The molecule has 2 atom stereocenters. The van der Waals surface area contributed by atoms with Crippen LogP contribution in [0.15, 0.2) is 12.2 Å². The molecule has 6 nitrogen and oxygen atoms in total. The maximum Gasteiger partial charge on any atom is 0.307 e. The number of aliphatic carboxylic acids is 1. The lowest BCUT2D eigenvalue weighted by molar-refractivity contribution is -0.148. The molecule has 0 unspecified atom stereocenters. The van der Waals surface area contributed by atoms with Crippen LogP contribution >= 0.6 is 0 Å². The van der Waals surface area contributed by atoms with E-state index >= 15 is 0 Å². The van der Waals surface area contributed by atoms with Gasteiger partial charge < -0.3 is 19.9 Å². The molecule has 6 heteroatoms. The summed E-state index contributed by atoms with van der Waals surface area (Å²) in [6.45, 7) is 0.207. The van der Waals surface area contributed by atoms with Crippen LogP contribution in [0.25, 0.3) is 0 Å². The summed E-state index contributed by atoms with van der Waals surface area (Å²) < 4.78 is 9.89. The number of hydrogen-bond acceptors (Lipinski definition) is 4. The minimum atomic E-state index is -0.936. The van der Waals surface area contributed by atoms with Gasteiger partial charge in [-0.3, -0.25) is 9.59 Å². The molecule has 0 saturated heterocycles. The van der Waals surface area contributed by atoms with Gasteiger partial charge in [0.1, 0.15) is 0 Å².